The summed E-state index contributed by atoms with van der Waals surface area (Å²) in [7, 11) is 0. The molecule has 0 spiro atoms. The van der Waals surface area contributed by atoms with Crippen molar-refractivity contribution in [1.29, 1.82) is 0 Å². The van der Waals surface area contributed by atoms with E-state index in [1.54, 1.807) is 23.5 Å². The van der Waals surface area contributed by atoms with E-state index in [1.807, 2.05) is 6.92 Å². The Balaban J connectivity index is 1.69. The molecule has 122 valence electrons. The van der Waals surface area contributed by atoms with E-state index >= 15 is 0 Å². The van der Waals surface area contributed by atoms with Crippen molar-refractivity contribution in [3.63, 3.8) is 0 Å². The topological polar surface area (TPSA) is 54.9 Å². The maximum Gasteiger partial charge on any atom is 0.231 e. The first kappa shape index (κ1) is 16.1. The summed E-state index contributed by atoms with van der Waals surface area (Å²) in [4.78, 5) is 12.8. The summed E-state index contributed by atoms with van der Waals surface area (Å²) in [5.74, 6) is -0.273. The number of carbonyl (C=O) groups excluding carboxylic acids is 1. The molecule has 3 rings (SSSR count). The Morgan fingerprint density at radius 2 is 1.96 bits per heavy atom. The quantitative estimate of drug-likeness (QED) is 0.915. The molecule has 0 bridgehead atoms. The van der Waals surface area contributed by atoms with E-state index in [0.29, 0.717) is 13.0 Å². The van der Waals surface area contributed by atoms with Crippen molar-refractivity contribution in [3.05, 3.63) is 45.7 Å². The summed E-state index contributed by atoms with van der Waals surface area (Å²) in [5.41, 5.74) is 0.208. The zero-order chi connectivity index (χ0) is 16.7. The number of nitrogens with zero attached hydrogens (tertiary/aromatic N) is 2. The molecule has 1 amide bonds. The molecule has 1 atom stereocenters. The van der Waals surface area contributed by atoms with Crippen LogP contribution in [0.15, 0.2) is 24.3 Å². The molecule has 0 aliphatic heterocycles. The molecule has 1 fully saturated rings. The van der Waals surface area contributed by atoms with E-state index in [-0.39, 0.29) is 17.1 Å². The summed E-state index contributed by atoms with van der Waals surface area (Å²) in [5, 5.41) is 12.9. The Kier molecular flexibility index (Phi) is 3.96. The standard InChI is InChI=1S/C17H20FN3OS/c1-11-20-21-14(23-11)8-9-19-15(22)17(10-16(17,2)3)12-4-6-13(18)7-5-12/h4-7H,8-10H2,1-3H3,(H,19,22)/t17-/m1/s1. The first-order chi connectivity index (χ1) is 10.8. The Hall–Kier alpha value is -1.82. The number of carbonyl (C=O) groups is 1. The number of rotatable bonds is 5. The first-order valence-corrected chi connectivity index (χ1v) is 8.50. The lowest BCUT2D eigenvalue weighted by Crippen LogP contribution is -2.38. The van der Waals surface area contributed by atoms with E-state index in [2.05, 4.69) is 29.4 Å². The molecule has 4 nitrogen and oxygen atoms in total. The number of aromatic nitrogens is 2. The normalized spacial score (nSPS) is 21.9. The number of amides is 1. The second kappa shape index (κ2) is 5.67. The predicted molar refractivity (Wildman–Crippen MR) is 87.8 cm³/mol. The summed E-state index contributed by atoms with van der Waals surface area (Å²) in [6.45, 7) is 6.59. The van der Waals surface area contributed by atoms with E-state index in [4.69, 9.17) is 0 Å². The van der Waals surface area contributed by atoms with Crippen LogP contribution in [0, 0.1) is 18.2 Å². The number of nitrogens with one attached hydrogen (secondary N) is 1. The zero-order valence-corrected chi connectivity index (χ0v) is 14.3. The van der Waals surface area contributed by atoms with Crippen LogP contribution in [0.2, 0.25) is 0 Å². The SMILES string of the molecule is Cc1nnc(CCNC(=O)[C@]2(c3ccc(F)cc3)CC2(C)C)s1. The van der Waals surface area contributed by atoms with Gasteiger partial charge < -0.3 is 5.32 Å². The van der Waals surface area contributed by atoms with Crippen LogP contribution in [0.4, 0.5) is 4.39 Å². The molecular formula is C17H20FN3OS. The second-order valence-electron chi connectivity index (χ2n) is 6.69. The fourth-order valence-corrected chi connectivity index (χ4v) is 3.95. The highest BCUT2D eigenvalue weighted by Gasteiger charge is 2.66. The fourth-order valence-electron chi connectivity index (χ4n) is 3.24. The van der Waals surface area contributed by atoms with Crippen LogP contribution in [0.5, 0.6) is 0 Å². The van der Waals surface area contributed by atoms with Gasteiger partial charge in [0.15, 0.2) is 0 Å². The average molecular weight is 333 g/mol. The van der Waals surface area contributed by atoms with Gasteiger partial charge in [-0.15, -0.1) is 21.5 Å². The number of hydrogen-bond donors (Lipinski definition) is 1. The van der Waals surface area contributed by atoms with Gasteiger partial charge in [0.1, 0.15) is 15.8 Å². The maximum absolute atomic E-state index is 13.2. The Bertz CT molecular complexity index is 726. The lowest BCUT2D eigenvalue weighted by Gasteiger charge is -2.20. The van der Waals surface area contributed by atoms with Crippen LogP contribution in [0.1, 0.15) is 35.8 Å². The van der Waals surface area contributed by atoms with Crippen LogP contribution in [-0.4, -0.2) is 22.6 Å². The molecule has 0 radical (unpaired) electrons. The predicted octanol–water partition coefficient (Wildman–Crippen LogP) is 3.01. The highest BCUT2D eigenvalue weighted by molar-refractivity contribution is 7.11. The van der Waals surface area contributed by atoms with Crippen molar-refractivity contribution in [1.82, 2.24) is 15.5 Å². The Morgan fingerprint density at radius 3 is 2.48 bits per heavy atom. The maximum atomic E-state index is 13.2. The Labute approximate surface area is 139 Å². The molecule has 2 aromatic rings. The summed E-state index contributed by atoms with van der Waals surface area (Å²) >= 11 is 1.55. The average Bonchev–Trinajstić information content (AvgIpc) is 2.85. The molecule has 1 aromatic heterocycles. The molecule has 1 N–H and O–H groups in total. The molecule has 23 heavy (non-hydrogen) atoms. The van der Waals surface area contributed by atoms with E-state index < -0.39 is 5.41 Å². The molecular weight excluding hydrogens is 313 g/mol. The van der Waals surface area contributed by atoms with Crippen LogP contribution in [0.3, 0.4) is 0 Å². The summed E-state index contributed by atoms with van der Waals surface area (Å²) in [6, 6.07) is 6.28. The van der Waals surface area contributed by atoms with Crippen molar-refractivity contribution in [3.8, 4) is 0 Å². The van der Waals surface area contributed by atoms with Gasteiger partial charge in [-0.25, -0.2) is 4.39 Å². The minimum Gasteiger partial charge on any atom is -0.355 e. The van der Waals surface area contributed by atoms with Crippen LogP contribution in [-0.2, 0) is 16.6 Å². The van der Waals surface area contributed by atoms with Crippen molar-refractivity contribution in [2.45, 2.75) is 39.0 Å². The molecule has 1 heterocycles. The van der Waals surface area contributed by atoms with Gasteiger partial charge in [0.05, 0.1) is 5.41 Å². The van der Waals surface area contributed by atoms with Gasteiger partial charge >= 0.3 is 0 Å². The summed E-state index contributed by atoms with van der Waals surface area (Å²) in [6.07, 6.45) is 1.45. The number of benzene rings is 1. The van der Waals surface area contributed by atoms with Gasteiger partial charge in [0, 0.05) is 13.0 Å². The molecule has 0 saturated heterocycles. The van der Waals surface area contributed by atoms with E-state index in [9.17, 15) is 9.18 Å². The van der Waals surface area contributed by atoms with Gasteiger partial charge in [-0.2, -0.15) is 0 Å². The fraction of sp³-hybridized carbons (Fsp3) is 0.471. The molecule has 6 heteroatoms. The number of hydrogen-bond acceptors (Lipinski definition) is 4. The van der Waals surface area contributed by atoms with Gasteiger partial charge in [0.25, 0.3) is 0 Å². The summed E-state index contributed by atoms with van der Waals surface area (Å²) < 4.78 is 13.2. The van der Waals surface area contributed by atoms with Crippen molar-refractivity contribution >= 4 is 17.2 Å². The first-order valence-electron chi connectivity index (χ1n) is 7.68. The monoisotopic (exact) mass is 333 g/mol. The lowest BCUT2D eigenvalue weighted by molar-refractivity contribution is -0.124. The van der Waals surface area contributed by atoms with Crippen LogP contribution >= 0.6 is 11.3 Å². The van der Waals surface area contributed by atoms with Crippen molar-refractivity contribution < 1.29 is 9.18 Å². The highest BCUT2D eigenvalue weighted by Crippen LogP contribution is 2.64. The van der Waals surface area contributed by atoms with Gasteiger partial charge in [0.2, 0.25) is 5.91 Å². The van der Waals surface area contributed by atoms with E-state index in [1.165, 1.54) is 12.1 Å². The molecule has 1 aromatic carbocycles. The van der Waals surface area contributed by atoms with Gasteiger partial charge in [-0.05, 0) is 36.5 Å². The third-order valence-corrected chi connectivity index (χ3v) is 5.55. The zero-order valence-electron chi connectivity index (χ0n) is 13.5. The van der Waals surface area contributed by atoms with Crippen molar-refractivity contribution in [2.24, 2.45) is 5.41 Å². The van der Waals surface area contributed by atoms with E-state index in [0.717, 1.165) is 22.0 Å². The third-order valence-electron chi connectivity index (χ3n) is 4.65. The minimum atomic E-state index is -0.558. The lowest BCUT2D eigenvalue weighted by atomic mass is 9.87. The van der Waals surface area contributed by atoms with Crippen molar-refractivity contribution in [2.75, 3.05) is 6.54 Å². The smallest absolute Gasteiger partial charge is 0.231 e. The largest absolute Gasteiger partial charge is 0.355 e. The number of halogens is 1. The molecule has 0 unspecified atom stereocenters. The number of aryl methyl sites for hydroxylation is 1. The molecule has 1 aliphatic carbocycles. The molecule has 1 aliphatic rings. The Morgan fingerprint density at radius 1 is 1.30 bits per heavy atom. The van der Waals surface area contributed by atoms with Crippen LogP contribution < -0.4 is 5.32 Å². The third kappa shape index (κ3) is 2.87. The minimum absolute atomic E-state index is 0.00958. The second-order valence-corrected chi connectivity index (χ2v) is 7.96. The highest BCUT2D eigenvalue weighted by atomic mass is 32.1. The van der Waals surface area contributed by atoms with Gasteiger partial charge in [-0.1, -0.05) is 26.0 Å². The van der Waals surface area contributed by atoms with Crippen LogP contribution in [0.25, 0.3) is 0 Å². The molecule has 1 saturated carbocycles. The van der Waals surface area contributed by atoms with Gasteiger partial charge in [-0.3, -0.25) is 4.79 Å².